The van der Waals surface area contributed by atoms with Gasteiger partial charge in [-0.3, -0.25) is 0 Å². The molecule has 0 unspecified atom stereocenters. The van der Waals surface area contributed by atoms with E-state index in [1.54, 1.807) is 18.2 Å². The first-order valence-electron chi connectivity index (χ1n) is 8.70. The number of ether oxygens (including phenoxy) is 1. The summed E-state index contributed by atoms with van der Waals surface area (Å²) >= 11 is 5.27. The zero-order valence-corrected chi connectivity index (χ0v) is 15.6. The number of benzene rings is 3. The van der Waals surface area contributed by atoms with Crippen molar-refractivity contribution < 1.29 is 9.13 Å². The molecule has 0 spiro atoms. The quantitative estimate of drug-likeness (QED) is 0.563. The molecule has 0 radical (unpaired) electrons. The van der Waals surface area contributed by atoms with Crippen LogP contribution >= 0.6 is 12.2 Å². The summed E-state index contributed by atoms with van der Waals surface area (Å²) in [4.78, 5) is 0. The van der Waals surface area contributed by atoms with Crippen LogP contribution in [0.4, 0.5) is 10.1 Å². The van der Waals surface area contributed by atoms with Gasteiger partial charge in [0.2, 0.25) is 0 Å². The molecule has 3 aromatic carbocycles. The molecule has 0 fully saturated rings. The zero-order chi connectivity index (χ0) is 18.9. The SMILES string of the molecule is Fc1ccccc1NC(=S)NCc1ccccc1COCc1ccccc1. The van der Waals surface area contributed by atoms with Crippen molar-refractivity contribution in [1.82, 2.24) is 5.32 Å². The third-order valence-corrected chi connectivity index (χ3v) is 4.30. The summed E-state index contributed by atoms with van der Waals surface area (Å²) in [7, 11) is 0. The fourth-order valence-electron chi connectivity index (χ4n) is 2.63. The average Bonchev–Trinajstić information content (AvgIpc) is 2.70. The van der Waals surface area contributed by atoms with Crippen LogP contribution in [0.15, 0.2) is 78.9 Å². The Morgan fingerprint density at radius 2 is 1.48 bits per heavy atom. The Hall–Kier alpha value is -2.76. The number of rotatable bonds is 7. The first-order valence-corrected chi connectivity index (χ1v) is 9.11. The summed E-state index contributed by atoms with van der Waals surface area (Å²) in [5.74, 6) is -0.337. The number of anilines is 1. The van der Waals surface area contributed by atoms with E-state index >= 15 is 0 Å². The van der Waals surface area contributed by atoms with Gasteiger partial charge in [0.15, 0.2) is 5.11 Å². The molecule has 0 saturated carbocycles. The van der Waals surface area contributed by atoms with E-state index in [2.05, 4.69) is 10.6 Å². The number of halogens is 1. The molecule has 3 nitrogen and oxygen atoms in total. The number of hydrogen-bond donors (Lipinski definition) is 2. The molecule has 27 heavy (non-hydrogen) atoms. The summed E-state index contributed by atoms with van der Waals surface area (Å²) in [6.45, 7) is 1.61. The van der Waals surface area contributed by atoms with Gasteiger partial charge in [-0.2, -0.15) is 0 Å². The van der Waals surface area contributed by atoms with Gasteiger partial charge in [-0.05, 0) is 41.0 Å². The normalized spacial score (nSPS) is 10.4. The molecule has 0 amide bonds. The molecule has 3 aromatic rings. The van der Waals surface area contributed by atoms with Gasteiger partial charge < -0.3 is 15.4 Å². The fourth-order valence-corrected chi connectivity index (χ4v) is 2.81. The van der Waals surface area contributed by atoms with Crippen molar-refractivity contribution in [3.05, 3.63) is 101 Å². The van der Waals surface area contributed by atoms with Crippen molar-refractivity contribution >= 4 is 23.0 Å². The van der Waals surface area contributed by atoms with Crippen LogP contribution in [0, 0.1) is 5.82 Å². The lowest BCUT2D eigenvalue weighted by Gasteiger charge is -2.14. The minimum Gasteiger partial charge on any atom is -0.372 e. The first-order chi connectivity index (χ1) is 13.2. The van der Waals surface area contributed by atoms with Crippen molar-refractivity contribution in [2.24, 2.45) is 0 Å². The lowest BCUT2D eigenvalue weighted by atomic mass is 10.1. The van der Waals surface area contributed by atoms with Crippen molar-refractivity contribution in [3.63, 3.8) is 0 Å². The van der Waals surface area contributed by atoms with E-state index in [1.165, 1.54) is 6.07 Å². The van der Waals surface area contributed by atoms with E-state index in [1.807, 2.05) is 54.6 Å². The largest absolute Gasteiger partial charge is 0.372 e. The van der Waals surface area contributed by atoms with Crippen LogP contribution in [0.5, 0.6) is 0 Å². The molecule has 0 heterocycles. The molecule has 0 aliphatic heterocycles. The van der Waals surface area contributed by atoms with Crippen LogP contribution in [0.2, 0.25) is 0 Å². The highest BCUT2D eigenvalue weighted by atomic mass is 32.1. The standard InChI is InChI=1S/C22H21FN2OS/c23-20-12-6-7-13-21(20)25-22(27)24-14-18-10-4-5-11-19(18)16-26-15-17-8-2-1-3-9-17/h1-13H,14-16H2,(H2,24,25,27). The Morgan fingerprint density at radius 1 is 0.815 bits per heavy atom. The maximum absolute atomic E-state index is 13.7. The predicted octanol–water partition coefficient (Wildman–Crippen LogP) is 5.03. The molecule has 0 aliphatic carbocycles. The summed E-state index contributed by atoms with van der Waals surface area (Å²) in [6.07, 6.45) is 0. The van der Waals surface area contributed by atoms with E-state index < -0.39 is 0 Å². The monoisotopic (exact) mass is 380 g/mol. The van der Waals surface area contributed by atoms with Gasteiger partial charge in [-0.15, -0.1) is 0 Å². The average molecular weight is 380 g/mol. The molecular formula is C22H21FN2OS. The van der Waals surface area contributed by atoms with Gasteiger partial charge in [0, 0.05) is 6.54 Å². The summed E-state index contributed by atoms with van der Waals surface area (Å²) < 4.78 is 19.5. The Balaban J connectivity index is 1.52. The fraction of sp³-hybridized carbons (Fsp3) is 0.136. The lowest BCUT2D eigenvalue weighted by Crippen LogP contribution is -2.28. The van der Waals surface area contributed by atoms with Crippen LogP contribution in [0.3, 0.4) is 0 Å². The second-order valence-electron chi connectivity index (χ2n) is 6.03. The lowest BCUT2D eigenvalue weighted by molar-refractivity contribution is 0.106. The molecule has 0 aromatic heterocycles. The van der Waals surface area contributed by atoms with Crippen molar-refractivity contribution in [2.45, 2.75) is 19.8 Å². The molecule has 138 valence electrons. The molecule has 0 saturated heterocycles. The van der Waals surface area contributed by atoms with Crippen LogP contribution < -0.4 is 10.6 Å². The number of nitrogens with one attached hydrogen (secondary N) is 2. The van der Waals surface area contributed by atoms with Crippen LogP contribution in [0.1, 0.15) is 16.7 Å². The van der Waals surface area contributed by atoms with E-state index in [4.69, 9.17) is 17.0 Å². The van der Waals surface area contributed by atoms with Gasteiger partial charge in [-0.1, -0.05) is 66.7 Å². The highest BCUT2D eigenvalue weighted by Crippen LogP contribution is 2.14. The van der Waals surface area contributed by atoms with Gasteiger partial charge in [0.05, 0.1) is 18.9 Å². The molecule has 2 N–H and O–H groups in total. The Kier molecular flexibility index (Phi) is 6.90. The van der Waals surface area contributed by atoms with Crippen LogP contribution in [0.25, 0.3) is 0 Å². The molecule has 0 atom stereocenters. The highest BCUT2D eigenvalue weighted by molar-refractivity contribution is 7.80. The first kappa shape index (κ1) is 19.0. The molecule has 0 bridgehead atoms. The van der Waals surface area contributed by atoms with Gasteiger partial charge >= 0.3 is 0 Å². The molecule has 5 heteroatoms. The maximum atomic E-state index is 13.7. The Bertz CT molecular complexity index is 886. The Labute approximate surface area is 164 Å². The van der Waals surface area contributed by atoms with Gasteiger partial charge in [0.25, 0.3) is 0 Å². The van der Waals surface area contributed by atoms with Gasteiger partial charge in [0.1, 0.15) is 5.82 Å². The van der Waals surface area contributed by atoms with Crippen molar-refractivity contribution in [3.8, 4) is 0 Å². The minimum absolute atomic E-state index is 0.337. The van der Waals surface area contributed by atoms with E-state index in [0.717, 1.165) is 16.7 Å². The number of thiocarbonyl (C=S) groups is 1. The summed E-state index contributed by atoms with van der Waals surface area (Å²) in [5, 5.41) is 6.38. The van der Waals surface area contributed by atoms with E-state index in [9.17, 15) is 4.39 Å². The second kappa shape index (κ2) is 9.80. The molecule has 3 rings (SSSR count). The van der Waals surface area contributed by atoms with Crippen LogP contribution in [-0.4, -0.2) is 5.11 Å². The smallest absolute Gasteiger partial charge is 0.171 e. The third-order valence-electron chi connectivity index (χ3n) is 4.05. The summed E-state index contributed by atoms with van der Waals surface area (Å²) in [5.41, 5.74) is 3.68. The zero-order valence-electron chi connectivity index (χ0n) is 14.8. The van der Waals surface area contributed by atoms with Crippen LogP contribution in [-0.2, 0) is 24.5 Å². The van der Waals surface area contributed by atoms with Crippen molar-refractivity contribution in [1.29, 1.82) is 0 Å². The summed E-state index contributed by atoms with van der Waals surface area (Å²) in [6, 6.07) is 24.5. The van der Waals surface area contributed by atoms with E-state index in [-0.39, 0.29) is 5.82 Å². The number of hydrogen-bond acceptors (Lipinski definition) is 2. The highest BCUT2D eigenvalue weighted by Gasteiger charge is 2.06. The number of para-hydroxylation sites is 1. The maximum Gasteiger partial charge on any atom is 0.171 e. The second-order valence-corrected chi connectivity index (χ2v) is 6.44. The molecular weight excluding hydrogens is 359 g/mol. The third kappa shape index (κ3) is 5.88. The predicted molar refractivity (Wildman–Crippen MR) is 111 cm³/mol. The van der Waals surface area contributed by atoms with Crippen molar-refractivity contribution in [2.75, 3.05) is 5.32 Å². The topological polar surface area (TPSA) is 33.3 Å². The molecule has 0 aliphatic rings. The van der Waals surface area contributed by atoms with Gasteiger partial charge in [-0.25, -0.2) is 4.39 Å². The Morgan fingerprint density at radius 3 is 2.26 bits per heavy atom. The van der Waals surface area contributed by atoms with E-state index in [0.29, 0.717) is 30.6 Å². The minimum atomic E-state index is -0.337.